The van der Waals surface area contributed by atoms with Gasteiger partial charge in [0.25, 0.3) is 0 Å². The molecule has 0 unspecified atom stereocenters. The molecule has 2 nitrogen and oxygen atoms in total. The number of hydrogen-bond donors (Lipinski definition) is 1. The second kappa shape index (κ2) is 1.82. The summed E-state index contributed by atoms with van der Waals surface area (Å²) in [7, 11) is 0. The van der Waals surface area contributed by atoms with Gasteiger partial charge < -0.3 is 0 Å². The van der Waals surface area contributed by atoms with E-state index in [-0.39, 0.29) is 0 Å². The Morgan fingerprint density at radius 1 is 1.67 bits per heavy atom. The van der Waals surface area contributed by atoms with Crippen molar-refractivity contribution in [1.82, 2.24) is 4.41 Å². The van der Waals surface area contributed by atoms with Gasteiger partial charge in [0.1, 0.15) is 0 Å². The van der Waals surface area contributed by atoms with Crippen LogP contribution in [0.5, 0.6) is 0 Å². The molecule has 0 atom stereocenters. The lowest BCUT2D eigenvalue weighted by molar-refractivity contribution is 0.526. The van der Waals surface area contributed by atoms with E-state index in [4.69, 9.17) is 5.84 Å². The Balaban J connectivity index is 2.18. The van der Waals surface area contributed by atoms with Crippen LogP contribution in [0, 0.1) is 0 Å². The number of hydrogen-bond acceptors (Lipinski definition) is 3. The van der Waals surface area contributed by atoms with Gasteiger partial charge in [-0.1, -0.05) is 11.9 Å². The number of rotatable bonds is 0. The van der Waals surface area contributed by atoms with Crippen molar-refractivity contribution in [3.63, 3.8) is 0 Å². The molecule has 0 amide bonds. The molecule has 0 spiro atoms. The molecule has 0 radical (unpaired) electrons. The van der Waals surface area contributed by atoms with E-state index in [0.717, 1.165) is 6.54 Å². The third-order valence-electron chi connectivity index (χ3n) is 0.780. The lowest BCUT2D eigenvalue weighted by Gasteiger charge is -1.99. The highest BCUT2D eigenvalue weighted by Gasteiger charge is 2.05. The Bertz CT molecular complexity index is 42.1. The summed E-state index contributed by atoms with van der Waals surface area (Å²) >= 11 is 1.71. The quantitative estimate of drug-likeness (QED) is 0.352. The molecule has 1 rings (SSSR count). The molecule has 0 saturated carbocycles. The molecule has 36 valence electrons. The minimum absolute atomic E-state index is 1.06. The van der Waals surface area contributed by atoms with Crippen molar-refractivity contribution in [2.45, 2.75) is 6.42 Å². The van der Waals surface area contributed by atoms with Crippen molar-refractivity contribution in [3.05, 3.63) is 0 Å². The molecule has 0 bridgehead atoms. The van der Waals surface area contributed by atoms with Crippen LogP contribution in [0.3, 0.4) is 0 Å². The highest BCUT2D eigenvalue weighted by atomic mass is 32.2. The van der Waals surface area contributed by atoms with Crippen LogP contribution in [0.1, 0.15) is 6.42 Å². The Labute approximate surface area is 41.8 Å². The molecular weight excluding hydrogens is 96.1 g/mol. The molecule has 6 heavy (non-hydrogen) atoms. The zero-order chi connectivity index (χ0) is 4.41. The van der Waals surface area contributed by atoms with Gasteiger partial charge >= 0.3 is 0 Å². The van der Waals surface area contributed by atoms with E-state index >= 15 is 0 Å². The van der Waals surface area contributed by atoms with E-state index < -0.39 is 0 Å². The molecule has 0 aromatic carbocycles. The standard InChI is InChI=1S/C3H8N2S/c4-5-2-1-3-6-5/h1-4H2. The fraction of sp³-hybridized carbons (Fsp3) is 1.00. The van der Waals surface area contributed by atoms with E-state index in [0.29, 0.717) is 0 Å². The van der Waals surface area contributed by atoms with Gasteiger partial charge in [0, 0.05) is 12.3 Å². The maximum atomic E-state index is 5.33. The first-order chi connectivity index (χ1) is 2.89. The van der Waals surface area contributed by atoms with Crippen molar-refractivity contribution in [3.8, 4) is 0 Å². The third kappa shape index (κ3) is 0.864. The van der Waals surface area contributed by atoms with Gasteiger partial charge in [0.05, 0.1) is 0 Å². The summed E-state index contributed by atoms with van der Waals surface area (Å²) in [6.45, 7) is 1.06. The lowest BCUT2D eigenvalue weighted by atomic mass is 10.5. The summed E-state index contributed by atoms with van der Waals surface area (Å²) in [5.41, 5.74) is 0. The maximum absolute atomic E-state index is 5.33. The zero-order valence-corrected chi connectivity index (χ0v) is 4.37. The summed E-state index contributed by atoms with van der Waals surface area (Å²) in [4.78, 5) is 0. The van der Waals surface area contributed by atoms with Crippen LogP contribution in [0.2, 0.25) is 0 Å². The third-order valence-corrected chi connectivity index (χ3v) is 1.77. The number of nitrogens with two attached hydrogens (primary N) is 1. The van der Waals surface area contributed by atoms with E-state index in [9.17, 15) is 0 Å². The summed E-state index contributed by atoms with van der Waals surface area (Å²) in [5, 5.41) is 0. The molecule has 3 heteroatoms. The van der Waals surface area contributed by atoms with E-state index in [2.05, 4.69) is 0 Å². The molecular formula is C3H8N2S. The van der Waals surface area contributed by atoms with Gasteiger partial charge in [0.2, 0.25) is 0 Å². The van der Waals surface area contributed by atoms with Crippen molar-refractivity contribution in [2.75, 3.05) is 12.3 Å². The average molecular weight is 104 g/mol. The van der Waals surface area contributed by atoms with Crippen molar-refractivity contribution < 1.29 is 0 Å². The lowest BCUT2D eigenvalue weighted by Crippen LogP contribution is -2.18. The SMILES string of the molecule is NN1CCCS1. The van der Waals surface area contributed by atoms with Gasteiger partial charge in [-0.25, -0.2) is 0 Å². The van der Waals surface area contributed by atoms with Crippen LogP contribution in [-0.2, 0) is 0 Å². The smallest absolute Gasteiger partial charge is 0.0250 e. The second-order valence-electron chi connectivity index (χ2n) is 1.33. The van der Waals surface area contributed by atoms with E-state index in [1.54, 1.807) is 16.4 Å². The van der Waals surface area contributed by atoms with Crippen molar-refractivity contribution in [2.24, 2.45) is 5.84 Å². The second-order valence-corrected chi connectivity index (χ2v) is 2.46. The minimum atomic E-state index is 1.06. The van der Waals surface area contributed by atoms with Crippen LogP contribution in [-0.4, -0.2) is 16.7 Å². The molecule has 0 aromatic heterocycles. The van der Waals surface area contributed by atoms with E-state index in [1.807, 2.05) is 0 Å². The monoisotopic (exact) mass is 104 g/mol. The van der Waals surface area contributed by atoms with Crippen LogP contribution in [0.4, 0.5) is 0 Å². The zero-order valence-electron chi connectivity index (χ0n) is 3.55. The van der Waals surface area contributed by atoms with Crippen LogP contribution >= 0.6 is 11.9 Å². The Morgan fingerprint density at radius 2 is 2.50 bits per heavy atom. The first-order valence-electron chi connectivity index (χ1n) is 2.05. The van der Waals surface area contributed by atoms with E-state index in [1.165, 1.54) is 12.2 Å². The molecule has 1 heterocycles. The average Bonchev–Trinajstić information content (AvgIpc) is 1.86. The highest BCUT2D eigenvalue weighted by Crippen LogP contribution is 2.13. The first-order valence-corrected chi connectivity index (χ1v) is 2.99. The summed E-state index contributed by atoms with van der Waals surface area (Å²) in [6.07, 6.45) is 1.25. The molecule has 2 N–H and O–H groups in total. The van der Waals surface area contributed by atoms with Gasteiger partial charge in [-0.15, -0.1) is 0 Å². The fourth-order valence-electron chi connectivity index (χ4n) is 0.467. The maximum Gasteiger partial charge on any atom is 0.0250 e. The predicted molar refractivity (Wildman–Crippen MR) is 28.0 cm³/mol. The van der Waals surface area contributed by atoms with Gasteiger partial charge in [0.15, 0.2) is 0 Å². The van der Waals surface area contributed by atoms with Gasteiger partial charge in [-0.05, 0) is 6.42 Å². The molecule has 0 aromatic rings. The summed E-state index contributed by atoms with van der Waals surface area (Å²) < 4.78 is 1.78. The van der Waals surface area contributed by atoms with Crippen LogP contribution in [0.25, 0.3) is 0 Å². The Kier molecular flexibility index (Phi) is 1.34. The minimum Gasteiger partial charge on any atom is -0.259 e. The summed E-state index contributed by atoms with van der Waals surface area (Å²) in [6, 6.07) is 0. The van der Waals surface area contributed by atoms with Crippen molar-refractivity contribution >= 4 is 11.9 Å². The first kappa shape index (κ1) is 4.43. The Morgan fingerprint density at radius 3 is 2.67 bits per heavy atom. The van der Waals surface area contributed by atoms with Gasteiger partial charge in [-0.2, -0.15) is 4.41 Å². The van der Waals surface area contributed by atoms with Crippen LogP contribution in [0.15, 0.2) is 0 Å². The van der Waals surface area contributed by atoms with Gasteiger partial charge in [-0.3, -0.25) is 5.84 Å². The molecule has 1 saturated heterocycles. The van der Waals surface area contributed by atoms with Crippen LogP contribution < -0.4 is 5.84 Å². The summed E-state index contributed by atoms with van der Waals surface area (Å²) in [5.74, 6) is 6.54. The topological polar surface area (TPSA) is 29.3 Å². The molecule has 0 aliphatic carbocycles. The number of nitrogens with zero attached hydrogens (tertiary/aromatic N) is 1. The predicted octanol–water partition coefficient (Wildman–Crippen LogP) is 0.214. The molecule has 1 fully saturated rings. The number of hydrazine groups is 1. The Hall–Kier alpha value is 0.270. The largest absolute Gasteiger partial charge is 0.259 e. The normalized spacial score (nSPS) is 25.5. The highest BCUT2D eigenvalue weighted by molar-refractivity contribution is 7.97. The van der Waals surface area contributed by atoms with Crippen molar-refractivity contribution in [1.29, 1.82) is 0 Å². The molecule has 1 aliphatic rings. The molecule has 1 aliphatic heterocycles. The fourth-order valence-corrected chi connectivity index (χ4v) is 1.22.